The van der Waals surface area contributed by atoms with Crippen molar-refractivity contribution in [1.29, 1.82) is 0 Å². The molecule has 1 heterocycles. The van der Waals surface area contributed by atoms with E-state index in [4.69, 9.17) is 0 Å². The molecule has 0 spiro atoms. The van der Waals surface area contributed by atoms with Gasteiger partial charge in [-0.1, -0.05) is 12.8 Å². The average molecular weight is 268 g/mol. The van der Waals surface area contributed by atoms with Crippen LogP contribution in [0.15, 0.2) is 0 Å². The summed E-state index contributed by atoms with van der Waals surface area (Å²) in [6, 6.07) is 0.254. The molecule has 2 atom stereocenters. The minimum atomic E-state index is -0.443. The van der Waals surface area contributed by atoms with Gasteiger partial charge in [-0.25, -0.2) is 0 Å². The van der Waals surface area contributed by atoms with Crippen molar-refractivity contribution in [3.05, 3.63) is 0 Å². The lowest BCUT2D eigenvalue weighted by atomic mass is 9.71. The molecule has 2 unspecified atom stereocenters. The predicted molar refractivity (Wildman–Crippen MR) is 75.9 cm³/mol. The Hall–Kier alpha value is -0.610. The van der Waals surface area contributed by atoms with Gasteiger partial charge in [0.25, 0.3) is 0 Å². The van der Waals surface area contributed by atoms with Gasteiger partial charge >= 0.3 is 0 Å². The van der Waals surface area contributed by atoms with Gasteiger partial charge in [-0.15, -0.1) is 0 Å². The third-order valence-corrected chi connectivity index (χ3v) is 5.04. The van der Waals surface area contributed by atoms with E-state index in [9.17, 15) is 9.90 Å². The lowest BCUT2D eigenvalue weighted by molar-refractivity contribution is -0.136. The maximum absolute atomic E-state index is 12.1. The van der Waals surface area contributed by atoms with E-state index < -0.39 is 5.60 Å². The molecule has 2 fully saturated rings. The van der Waals surface area contributed by atoms with E-state index in [1.807, 2.05) is 25.8 Å². The Kier molecular flexibility index (Phi) is 4.51. The molecule has 0 aromatic rings. The monoisotopic (exact) mass is 268 g/mol. The first-order valence-electron chi connectivity index (χ1n) is 7.63. The van der Waals surface area contributed by atoms with E-state index >= 15 is 0 Å². The summed E-state index contributed by atoms with van der Waals surface area (Å²) in [4.78, 5) is 16.1. The molecule has 2 rings (SSSR count). The lowest BCUT2D eigenvalue weighted by Gasteiger charge is -2.47. The fourth-order valence-electron chi connectivity index (χ4n) is 3.37. The second-order valence-corrected chi connectivity index (χ2v) is 6.63. The number of rotatable bonds is 3. The summed E-state index contributed by atoms with van der Waals surface area (Å²) in [5.74, 6) is 0.559. The number of piperidine rings is 1. The van der Waals surface area contributed by atoms with E-state index in [1.165, 1.54) is 6.42 Å². The van der Waals surface area contributed by atoms with Gasteiger partial charge in [0.2, 0.25) is 5.91 Å². The van der Waals surface area contributed by atoms with Gasteiger partial charge in [0, 0.05) is 32.1 Å². The predicted octanol–water partition coefficient (Wildman–Crippen LogP) is 1.48. The molecule has 0 bridgehead atoms. The SMILES string of the molecule is CC(C)N(C)C(=O)CN1CCC2(O)CCCCC2C1. The lowest BCUT2D eigenvalue weighted by Crippen LogP contribution is -2.55. The standard InChI is InChI=1S/C15H28N2O2/c1-12(2)16(3)14(18)11-17-9-8-15(19)7-5-4-6-13(15)10-17/h12-13,19H,4-11H2,1-3H3. The molecule has 19 heavy (non-hydrogen) atoms. The number of amides is 1. The van der Waals surface area contributed by atoms with Crippen LogP contribution in [-0.4, -0.2) is 59.1 Å². The normalized spacial score (nSPS) is 32.2. The first-order valence-corrected chi connectivity index (χ1v) is 7.63. The number of likely N-dealkylation sites (tertiary alicyclic amines) is 1. The highest BCUT2D eigenvalue weighted by Crippen LogP contribution is 2.39. The van der Waals surface area contributed by atoms with E-state index in [0.29, 0.717) is 12.5 Å². The van der Waals surface area contributed by atoms with Crippen molar-refractivity contribution in [2.75, 3.05) is 26.7 Å². The smallest absolute Gasteiger partial charge is 0.236 e. The zero-order valence-corrected chi connectivity index (χ0v) is 12.6. The van der Waals surface area contributed by atoms with E-state index in [2.05, 4.69) is 4.90 Å². The Labute approximate surface area is 116 Å². The maximum Gasteiger partial charge on any atom is 0.236 e. The minimum Gasteiger partial charge on any atom is -0.390 e. The van der Waals surface area contributed by atoms with Crippen LogP contribution in [0.2, 0.25) is 0 Å². The molecule has 4 nitrogen and oxygen atoms in total. The first-order chi connectivity index (χ1) is 8.92. The maximum atomic E-state index is 12.1. The van der Waals surface area contributed by atoms with Gasteiger partial charge in [0.05, 0.1) is 12.1 Å². The Bertz CT molecular complexity index is 332. The van der Waals surface area contributed by atoms with Gasteiger partial charge in [-0.05, 0) is 33.1 Å². The summed E-state index contributed by atoms with van der Waals surface area (Å²) < 4.78 is 0. The van der Waals surface area contributed by atoms with Gasteiger partial charge in [0.1, 0.15) is 0 Å². The highest BCUT2D eigenvalue weighted by Gasteiger charge is 2.42. The molecule has 110 valence electrons. The van der Waals surface area contributed by atoms with Crippen LogP contribution in [0, 0.1) is 5.92 Å². The summed E-state index contributed by atoms with van der Waals surface area (Å²) in [7, 11) is 1.87. The average Bonchev–Trinajstić information content (AvgIpc) is 2.37. The van der Waals surface area contributed by atoms with E-state index in [1.54, 1.807) is 0 Å². The van der Waals surface area contributed by atoms with Crippen LogP contribution in [0.3, 0.4) is 0 Å². The zero-order chi connectivity index (χ0) is 14.0. The summed E-state index contributed by atoms with van der Waals surface area (Å²) >= 11 is 0. The molecule has 1 saturated carbocycles. The second-order valence-electron chi connectivity index (χ2n) is 6.63. The molecule has 1 aliphatic carbocycles. The van der Waals surface area contributed by atoms with E-state index in [-0.39, 0.29) is 11.9 Å². The van der Waals surface area contributed by atoms with Gasteiger partial charge in [-0.2, -0.15) is 0 Å². The minimum absolute atomic E-state index is 0.191. The van der Waals surface area contributed by atoms with Crippen LogP contribution in [0.1, 0.15) is 46.0 Å². The second kappa shape index (κ2) is 5.80. The Morgan fingerprint density at radius 1 is 1.42 bits per heavy atom. The zero-order valence-electron chi connectivity index (χ0n) is 12.6. The van der Waals surface area contributed by atoms with Crippen molar-refractivity contribution >= 4 is 5.91 Å². The Balaban J connectivity index is 1.89. The fraction of sp³-hybridized carbons (Fsp3) is 0.933. The van der Waals surface area contributed by atoms with E-state index in [0.717, 1.165) is 38.8 Å². The fourth-order valence-corrected chi connectivity index (χ4v) is 3.37. The van der Waals surface area contributed by atoms with Gasteiger partial charge in [0.15, 0.2) is 0 Å². The van der Waals surface area contributed by atoms with Crippen molar-refractivity contribution in [3.8, 4) is 0 Å². The number of nitrogens with zero attached hydrogens (tertiary/aromatic N) is 2. The Morgan fingerprint density at radius 2 is 2.16 bits per heavy atom. The topological polar surface area (TPSA) is 43.8 Å². The highest BCUT2D eigenvalue weighted by atomic mass is 16.3. The van der Waals surface area contributed by atoms with Crippen LogP contribution in [0.5, 0.6) is 0 Å². The Morgan fingerprint density at radius 3 is 2.84 bits per heavy atom. The van der Waals surface area contributed by atoms with Crippen LogP contribution in [0.4, 0.5) is 0 Å². The molecular formula is C15H28N2O2. The summed E-state index contributed by atoms with van der Waals surface area (Å²) in [6.07, 6.45) is 5.27. The molecule has 2 aliphatic rings. The summed E-state index contributed by atoms with van der Waals surface area (Å²) in [6.45, 7) is 6.31. The van der Waals surface area contributed by atoms with Crippen molar-refractivity contribution < 1.29 is 9.90 Å². The third kappa shape index (κ3) is 3.29. The molecule has 1 amide bonds. The number of fused-ring (bicyclic) bond motifs is 1. The first kappa shape index (κ1) is 14.8. The quantitative estimate of drug-likeness (QED) is 0.843. The number of hydrogen-bond donors (Lipinski definition) is 1. The van der Waals surface area contributed by atoms with Crippen LogP contribution in [-0.2, 0) is 4.79 Å². The molecule has 0 aromatic heterocycles. The molecule has 0 radical (unpaired) electrons. The highest BCUT2D eigenvalue weighted by molar-refractivity contribution is 5.78. The molecule has 1 aliphatic heterocycles. The molecule has 1 saturated heterocycles. The summed E-state index contributed by atoms with van der Waals surface area (Å²) in [5.41, 5.74) is -0.443. The third-order valence-electron chi connectivity index (χ3n) is 5.04. The number of carbonyl (C=O) groups is 1. The molecule has 0 aromatic carbocycles. The van der Waals surface area contributed by atoms with Crippen molar-refractivity contribution in [1.82, 2.24) is 9.80 Å². The van der Waals surface area contributed by atoms with Crippen molar-refractivity contribution in [3.63, 3.8) is 0 Å². The van der Waals surface area contributed by atoms with Crippen LogP contribution >= 0.6 is 0 Å². The summed E-state index contributed by atoms with van der Waals surface area (Å²) in [5, 5.41) is 10.6. The number of aliphatic hydroxyl groups is 1. The van der Waals surface area contributed by atoms with Crippen molar-refractivity contribution in [2.24, 2.45) is 5.92 Å². The molecule has 4 heteroatoms. The largest absolute Gasteiger partial charge is 0.390 e. The molecule has 1 N–H and O–H groups in total. The van der Waals surface area contributed by atoms with Gasteiger partial charge in [-0.3, -0.25) is 9.69 Å². The molecular weight excluding hydrogens is 240 g/mol. The number of likely N-dealkylation sites (N-methyl/N-ethyl adjacent to an activating group) is 1. The number of carbonyl (C=O) groups excluding carboxylic acids is 1. The number of hydrogen-bond acceptors (Lipinski definition) is 3. The van der Waals surface area contributed by atoms with Crippen LogP contribution in [0.25, 0.3) is 0 Å². The van der Waals surface area contributed by atoms with Crippen LogP contribution < -0.4 is 0 Å². The van der Waals surface area contributed by atoms with Gasteiger partial charge < -0.3 is 10.0 Å². The van der Waals surface area contributed by atoms with Crippen molar-refractivity contribution in [2.45, 2.75) is 57.6 Å².